The normalized spacial score (nSPS) is 12.7. The van der Waals surface area contributed by atoms with Gasteiger partial charge >= 0.3 is 0 Å². The van der Waals surface area contributed by atoms with Gasteiger partial charge in [0.05, 0.1) is 6.26 Å². The summed E-state index contributed by atoms with van der Waals surface area (Å²) in [5.41, 5.74) is 2.50. The third-order valence-corrected chi connectivity index (χ3v) is 2.65. The van der Waals surface area contributed by atoms with Crippen molar-refractivity contribution in [3.05, 3.63) is 35.8 Å². The molecular weight excluding hydrogens is 198 g/mol. The van der Waals surface area contributed by atoms with Crippen LogP contribution in [0.1, 0.15) is 50.5 Å². The third kappa shape index (κ3) is 4.23. The number of hydrogen-bond donors (Lipinski definition) is 1. The standard InChI is InChI=1S/C14H23NO/c1-5-8-15-14(7-6-11(2)3)13-9-12(4)16-10-13/h9-10,14-15H,2,5-8H2,1,3-4H3. The quantitative estimate of drug-likeness (QED) is 0.704. The molecule has 2 heteroatoms. The van der Waals surface area contributed by atoms with Crippen LogP contribution in [0.25, 0.3) is 0 Å². The lowest BCUT2D eigenvalue weighted by molar-refractivity contribution is 0.484. The fraction of sp³-hybridized carbons (Fsp3) is 0.571. The van der Waals surface area contributed by atoms with Gasteiger partial charge in [-0.2, -0.15) is 0 Å². The van der Waals surface area contributed by atoms with Gasteiger partial charge in [-0.3, -0.25) is 0 Å². The molecule has 1 aromatic rings. The van der Waals surface area contributed by atoms with Crippen LogP contribution in [0.3, 0.4) is 0 Å². The molecule has 1 aromatic heterocycles. The summed E-state index contributed by atoms with van der Waals surface area (Å²) in [7, 11) is 0. The number of aryl methyl sites for hydroxylation is 1. The molecule has 0 aliphatic carbocycles. The summed E-state index contributed by atoms with van der Waals surface area (Å²) in [5.74, 6) is 0.980. The van der Waals surface area contributed by atoms with E-state index in [0.29, 0.717) is 6.04 Å². The second-order valence-corrected chi connectivity index (χ2v) is 4.49. The molecule has 0 bridgehead atoms. The largest absolute Gasteiger partial charge is 0.469 e. The first-order valence-electron chi connectivity index (χ1n) is 6.06. The predicted molar refractivity (Wildman–Crippen MR) is 68.5 cm³/mol. The molecule has 0 aliphatic heterocycles. The van der Waals surface area contributed by atoms with Gasteiger partial charge in [0.2, 0.25) is 0 Å². The van der Waals surface area contributed by atoms with Crippen LogP contribution >= 0.6 is 0 Å². The van der Waals surface area contributed by atoms with Crippen LogP contribution in [0.15, 0.2) is 28.9 Å². The van der Waals surface area contributed by atoms with Gasteiger partial charge in [-0.05, 0) is 45.7 Å². The first-order valence-corrected chi connectivity index (χ1v) is 6.06. The van der Waals surface area contributed by atoms with Crippen molar-refractivity contribution in [2.75, 3.05) is 6.54 Å². The minimum atomic E-state index is 0.397. The first-order chi connectivity index (χ1) is 7.63. The Morgan fingerprint density at radius 3 is 2.81 bits per heavy atom. The maximum Gasteiger partial charge on any atom is 0.101 e. The van der Waals surface area contributed by atoms with Gasteiger partial charge in [0.15, 0.2) is 0 Å². The number of hydrogen-bond acceptors (Lipinski definition) is 2. The van der Waals surface area contributed by atoms with E-state index in [0.717, 1.165) is 31.6 Å². The van der Waals surface area contributed by atoms with E-state index in [1.165, 1.54) is 11.1 Å². The lowest BCUT2D eigenvalue weighted by Gasteiger charge is -2.16. The lowest BCUT2D eigenvalue weighted by atomic mass is 10.0. The minimum Gasteiger partial charge on any atom is -0.469 e. The lowest BCUT2D eigenvalue weighted by Crippen LogP contribution is -2.21. The van der Waals surface area contributed by atoms with Crippen molar-refractivity contribution in [1.29, 1.82) is 0 Å². The van der Waals surface area contributed by atoms with Gasteiger partial charge in [0.1, 0.15) is 5.76 Å². The zero-order valence-electron chi connectivity index (χ0n) is 10.7. The van der Waals surface area contributed by atoms with E-state index < -0.39 is 0 Å². The minimum absolute atomic E-state index is 0.397. The van der Waals surface area contributed by atoms with Crippen molar-refractivity contribution < 1.29 is 4.42 Å². The molecule has 0 amide bonds. The van der Waals surface area contributed by atoms with E-state index in [1.807, 2.05) is 13.2 Å². The molecule has 0 saturated heterocycles. The summed E-state index contributed by atoms with van der Waals surface area (Å²) in [5, 5.41) is 3.55. The van der Waals surface area contributed by atoms with Crippen molar-refractivity contribution in [2.24, 2.45) is 0 Å². The Morgan fingerprint density at radius 1 is 1.56 bits per heavy atom. The van der Waals surface area contributed by atoms with Crippen LogP contribution in [0, 0.1) is 6.92 Å². The summed E-state index contributed by atoms with van der Waals surface area (Å²) in [6.07, 6.45) is 5.17. The van der Waals surface area contributed by atoms with Crippen molar-refractivity contribution in [2.45, 2.75) is 46.1 Å². The molecule has 16 heavy (non-hydrogen) atoms. The highest BCUT2D eigenvalue weighted by molar-refractivity contribution is 5.16. The van der Waals surface area contributed by atoms with E-state index >= 15 is 0 Å². The smallest absolute Gasteiger partial charge is 0.101 e. The van der Waals surface area contributed by atoms with Crippen molar-refractivity contribution in [1.82, 2.24) is 5.32 Å². The monoisotopic (exact) mass is 221 g/mol. The molecule has 1 atom stereocenters. The van der Waals surface area contributed by atoms with Gasteiger partial charge in [-0.1, -0.05) is 12.5 Å². The van der Waals surface area contributed by atoms with Crippen LogP contribution in [0.5, 0.6) is 0 Å². The number of nitrogens with one attached hydrogen (secondary N) is 1. The molecule has 1 heterocycles. The molecule has 1 N–H and O–H groups in total. The van der Waals surface area contributed by atoms with Crippen molar-refractivity contribution in [3.63, 3.8) is 0 Å². The molecule has 0 radical (unpaired) electrons. The molecule has 0 spiro atoms. The SMILES string of the molecule is C=C(C)CCC(NCCC)c1coc(C)c1. The van der Waals surface area contributed by atoms with Crippen molar-refractivity contribution >= 4 is 0 Å². The fourth-order valence-electron chi connectivity index (χ4n) is 1.74. The number of rotatable bonds is 7. The predicted octanol–water partition coefficient (Wildman–Crippen LogP) is 3.99. The fourth-order valence-corrected chi connectivity index (χ4v) is 1.74. The summed E-state index contributed by atoms with van der Waals surface area (Å²) in [6.45, 7) is 11.3. The van der Waals surface area contributed by atoms with Gasteiger partial charge in [0, 0.05) is 11.6 Å². The first kappa shape index (κ1) is 13.0. The van der Waals surface area contributed by atoms with E-state index in [2.05, 4.69) is 31.8 Å². The van der Waals surface area contributed by atoms with Gasteiger partial charge in [0.25, 0.3) is 0 Å². The van der Waals surface area contributed by atoms with Crippen LogP contribution < -0.4 is 5.32 Å². The molecule has 90 valence electrons. The molecule has 0 fully saturated rings. The topological polar surface area (TPSA) is 25.2 Å². The van der Waals surface area contributed by atoms with E-state index in [9.17, 15) is 0 Å². The molecule has 1 unspecified atom stereocenters. The van der Waals surface area contributed by atoms with E-state index in [4.69, 9.17) is 4.42 Å². The highest BCUT2D eigenvalue weighted by Crippen LogP contribution is 2.22. The third-order valence-electron chi connectivity index (χ3n) is 2.65. The van der Waals surface area contributed by atoms with Gasteiger partial charge in [-0.25, -0.2) is 0 Å². The second kappa shape index (κ2) is 6.54. The number of allylic oxidation sites excluding steroid dienone is 1. The second-order valence-electron chi connectivity index (χ2n) is 4.49. The Morgan fingerprint density at radius 2 is 2.31 bits per heavy atom. The Balaban J connectivity index is 2.59. The van der Waals surface area contributed by atoms with E-state index in [-0.39, 0.29) is 0 Å². The zero-order valence-corrected chi connectivity index (χ0v) is 10.7. The van der Waals surface area contributed by atoms with Crippen molar-refractivity contribution in [3.8, 4) is 0 Å². The number of furan rings is 1. The van der Waals surface area contributed by atoms with Crippen LogP contribution in [-0.4, -0.2) is 6.54 Å². The Hall–Kier alpha value is -1.02. The zero-order chi connectivity index (χ0) is 12.0. The molecule has 2 nitrogen and oxygen atoms in total. The summed E-state index contributed by atoms with van der Waals surface area (Å²) >= 11 is 0. The van der Waals surface area contributed by atoms with E-state index in [1.54, 1.807) is 0 Å². The summed E-state index contributed by atoms with van der Waals surface area (Å²) < 4.78 is 5.37. The van der Waals surface area contributed by atoms with Gasteiger partial charge in [-0.15, -0.1) is 6.58 Å². The highest BCUT2D eigenvalue weighted by Gasteiger charge is 2.12. The van der Waals surface area contributed by atoms with Gasteiger partial charge < -0.3 is 9.73 Å². The molecule has 0 aliphatic rings. The molecule has 1 rings (SSSR count). The van der Waals surface area contributed by atoms with Crippen LogP contribution in [0.4, 0.5) is 0 Å². The Bertz CT molecular complexity index is 327. The molecule has 0 saturated carbocycles. The van der Waals surface area contributed by atoms with Crippen LogP contribution in [0.2, 0.25) is 0 Å². The maximum atomic E-state index is 5.37. The molecule has 0 aromatic carbocycles. The summed E-state index contributed by atoms with van der Waals surface area (Å²) in [6, 6.07) is 2.51. The van der Waals surface area contributed by atoms with Crippen LogP contribution in [-0.2, 0) is 0 Å². The summed E-state index contributed by atoms with van der Waals surface area (Å²) in [4.78, 5) is 0. The maximum absolute atomic E-state index is 5.37. The Kier molecular flexibility index (Phi) is 5.33. The average molecular weight is 221 g/mol. The Labute approximate surface area is 98.7 Å². The molecular formula is C14H23NO. The average Bonchev–Trinajstić information content (AvgIpc) is 2.64. The highest BCUT2D eigenvalue weighted by atomic mass is 16.3.